The SMILES string of the molecule is CC(=O)NC(C)(C)CC1CN(S(=O)(=O)c2cnn(C(F)F)c2C)c2cc(NC(=O)O)ccc2O1. The highest BCUT2D eigenvalue weighted by molar-refractivity contribution is 7.92. The van der Waals surface area contributed by atoms with Gasteiger partial charge < -0.3 is 15.2 Å². The first-order chi connectivity index (χ1) is 15.7. The number of fused-ring (bicyclic) bond motifs is 1. The molecule has 1 atom stereocenters. The second-order valence-corrected chi connectivity index (χ2v) is 10.3. The third kappa shape index (κ3) is 5.21. The number of carbonyl (C=O) groups is 2. The molecule has 0 saturated carbocycles. The highest BCUT2D eigenvalue weighted by Crippen LogP contribution is 2.40. The molecule has 2 amide bonds. The molecule has 0 bridgehead atoms. The molecule has 0 aliphatic carbocycles. The molecule has 3 rings (SSSR count). The average molecular weight is 502 g/mol. The normalized spacial score (nSPS) is 16.1. The summed E-state index contributed by atoms with van der Waals surface area (Å²) in [7, 11) is -4.40. The maximum Gasteiger partial charge on any atom is 0.409 e. The number of hydrogen-bond acceptors (Lipinski definition) is 6. The van der Waals surface area contributed by atoms with Crippen LogP contribution in [0.1, 0.15) is 39.4 Å². The van der Waals surface area contributed by atoms with E-state index < -0.39 is 39.2 Å². The minimum absolute atomic E-state index is 0.0315. The minimum Gasteiger partial charge on any atom is -0.486 e. The van der Waals surface area contributed by atoms with Crippen LogP contribution < -0.4 is 19.7 Å². The smallest absolute Gasteiger partial charge is 0.409 e. The molecule has 2 heterocycles. The molecule has 0 spiro atoms. The second kappa shape index (κ2) is 9.08. The van der Waals surface area contributed by atoms with E-state index in [4.69, 9.17) is 9.84 Å². The average Bonchev–Trinajstić information content (AvgIpc) is 3.08. The van der Waals surface area contributed by atoms with E-state index in [0.29, 0.717) is 4.68 Å². The van der Waals surface area contributed by atoms with Gasteiger partial charge >= 0.3 is 12.6 Å². The van der Waals surface area contributed by atoms with Gasteiger partial charge in [-0.25, -0.2) is 17.9 Å². The fourth-order valence-electron chi connectivity index (χ4n) is 3.92. The van der Waals surface area contributed by atoms with Crippen LogP contribution in [0.2, 0.25) is 0 Å². The topological polar surface area (TPSA) is 143 Å². The monoisotopic (exact) mass is 501 g/mol. The van der Waals surface area contributed by atoms with Gasteiger partial charge in [-0.3, -0.25) is 14.4 Å². The van der Waals surface area contributed by atoms with Crippen molar-refractivity contribution in [2.24, 2.45) is 0 Å². The molecule has 1 aliphatic rings. The maximum atomic E-state index is 13.6. The summed E-state index contributed by atoms with van der Waals surface area (Å²) in [6, 6.07) is 4.10. The van der Waals surface area contributed by atoms with E-state index in [1.54, 1.807) is 13.8 Å². The number of nitrogens with one attached hydrogen (secondary N) is 2. The van der Waals surface area contributed by atoms with Crippen molar-refractivity contribution in [1.82, 2.24) is 15.1 Å². The molecule has 1 aromatic carbocycles. The fraction of sp³-hybridized carbons (Fsp3) is 0.450. The summed E-state index contributed by atoms with van der Waals surface area (Å²) in [5, 5.41) is 17.4. The van der Waals surface area contributed by atoms with Crippen LogP contribution in [0, 0.1) is 6.92 Å². The number of sulfonamides is 1. The number of amides is 2. The van der Waals surface area contributed by atoms with Crippen LogP contribution in [0.3, 0.4) is 0 Å². The van der Waals surface area contributed by atoms with Gasteiger partial charge in [-0.1, -0.05) is 0 Å². The van der Waals surface area contributed by atoms with Gasteiger partial charge in [-0.15, -0.1) is 0 Å². The quantitative estimate of drug-likeness (QED) is 0.529. The van der Waals surface area contributed by atoms with E-state index in [9.17, 15) is 26.8 Å². The number of anilines is 2. The molecule has 11 nitrogen and oxygen atoms in total. The van der Waals surface area contributed by atoms with Gasteiger partial charge in [-0.05, 0) is 39.0 Å². The van der Waals surface area contributed by atoms with E-state index >= 15 is 0 Å². The Morgan fingerprint density at radius 1 is 1.35 bits per heavy atom. The molecule has 14 heteroatoms. The van der Waals surface area contributed by atoms with Crippen molar-refractivity contribution in [1.29, 1.82) is 0 Å². The number of halogens is 2. The van der Waals surface area contributed by atoms with Crippen LogP contribution in [0.4, 0.5) is 25.0 Å². The van der Waals surface area contributed by atoms with Crippen LogP contribution in [0.25, 0.3) is 0 Å². The first-order valence-corrected chi connectivity index (χ1v) is 11.6. The number of ether oxygens (including phenoxy) is 1. The van der Waals surface area contributed by atoms with Crippen molar-refractivity contribution in [2.75, 3.05) is 16.2 Å². The number of nitrogens with zero attached hydrogens (tertiary/aromatic N) is 3. The van der Waals surface area contributed by atoms with E-state index in [1.165, 1.54) is 32.0 Å². The Hall–Kier alpha value is -3.42. The molecular formula is C20H25F2N5O6S. The highest BCUT2D eigenvalue weighted by atomic mass is 32.2. The maximum absolute atomic E-state index is 13.6. The Balaban J connectivity index is 2.07. The number of aromatic nitrogens is 2. The van der Waals surface area contributed by atoms with E-state index in [1.807, 2.05) is 0 Å². The van der Waals surface area contributed by atoms with Gasteiger partial charge in [-0.2, -0.15) is 13.9 Å². The number of hydrogen-bond donors (Lipinski definition) is 3. The molecule has 0 saturated heterocycles. The van der Waals surface area contributed by atoms with Gasteiger partial charge in [0.05, 0.1) is 24.1 Å². The predicted octanol–water partition coefficient (Wildman–Crippen LogP) is 2.94. The summed E-state index contributed by atoms with van der Waals surface area (Å²) in [5.74, 6) is -0.126. The largest absolute Gasteiger partial charge is 0.486 e. The van der Waals surface area contributed by atoms with Crippen LogP contribution in [-0.4, -0.2) is 53.5 Å². The highest BCUT2D eigenvalue weighted by Gasteiger charge is 2.39. The van der Waals surface area contributed by atoms with Crippen molar-refractivity contribution >= 4 is 33.4 Å². The number of alkyl halides is 2. The summed E-state index contributed by atoms with van der Waals surface area (Å²) in [6.45, 7) is 2.83. The van der Waals surface area contributed by atoms with Gasteiger partial charge in [0.25, 0.3) is 10.0 Å². The van der Waals surface area contributed by atoms with Crippen LogP contribution in [0.15, 0.2) is 29.3 Å². The number of carboxylic acid groups (broad SMARTS) is 1. The van der Waals surface area contributed by atoms with Gasteiger partial charge in [0.2, 0.25) is 5.91 Å². The first-order valence-electron chi connectivity index (χ1n) is 10.2. The third-order valence-corrected chi connectivity index (χ3v) is 7.03. The Kier molecular flexibility index (Phi) is 6.73. The predicted molar refractivity (Wildman–Crippen MR) is 118 cm³/mol. The van der Waals surface area contributed by atoms with Crippen molar-refractivity contribution in [2.45, 2.75) is 57.2 Å². The molecule has 34 heavy (non-hydrogen) atoms. The summed E-state index contributed by atoms with van der Waals surface area (Å²) >= 11 is 0. The summed E-state index contributed by atoms with van der Waals surface area (Å²) in [5.41, 5.74) is -0.876. The molecule has 186 valence electrons. The van der Waals surface area contributed by atoms with Crippen LogP contribution >= 0.6 is 0 Å². The Labute approximate surface area is 194 Å². The molecule has 1 unspecified atom stereocenters. The molecule has 1 aliphatic heterocycles. The number of carbonyl (C=O) groups excluding carboxylic acids is 1. The summed E-state index contributed by atoms with van der Waals surface area (Å²) in [4.78, 5) is 22.2. The van der Waals surface area contributed by atoms with E-state index in [-0.39, 0.29) is 41.7 Å². The zero-order valence-corrected chi connectivity index (χ0v) is 19.7. The number of rotatable bonds is 7. The lowest BCUT2D eigenvalue weighted by Crippen LogP contribution is -2.50. The van der Waals surface area contributed by atoms with Crippen molar-refractivity contribution in [3.05, 3.63) is 30.1 Å². The lowest BCUT2D eigenvalue weighted by atomic mass is 9.95. The second-order valence-electron chi connectivity index (χ2n) is 8.47. The molecular weight excluding hydrogens is 476 g/mol. The first kappa shape index (κ1) is 25.2. The number of benzene rings is 1. The van der Waals surface area contributed by atoms with E-state index in [0.717, 1.165) is 10.5 Å². The third-order valence-electron chi connectivity index (χ3n) is 5.15. The summed E-state index contributed by atoms with van der Waals surface area (Å²) in [6.07, 6.45) is -0.993. The minimum atomic E-state index is -4.40. The molecule has 1 aromatic heterocycles. The Bertz CT molecular complexity index is 1210. The zero-order chi connectivity index (χ0) is 25.4. The van der Waals surface area contributed by atoms with Crippen molar-refractivity contribution in [3.8, 4) is 5.75 Å². The van der Waals surface area contributed by atoms with Crippen LogP contribution in [0.5, 0.6) is 5.75 Å². The Morgan fingerprint density at radius 3 is 2.59 bits per heavy atom. The molecule has 2 aromatic rings. The van der Waals surface area contributed by atoms with Gasteiger partial charge in [0, 0.05) is 24.6 Å². The van der Waals surface area contributed by atoms with Crippen molar-refractivity contribution in [3.63, 3.8) is 0 Å². The van der Waals surface area contributed by atoms with E-state index in [2.05, 4.69) is 15.7 Å². The zero-order valence-electron chi connectivity index (χ0n) is 18.9. The molecule has 3 N–H and O–H groups in total. The molecule has 0 fully saturated rings. The lowest BCUT2D eigenvalue weighted by Gasteiger charge is -2.38. The lowest BCUT2D eigenvalue weighted by molar-refractivity contribution is -0.120. The molecule has 0 radical (unpaired) electrons. The summed E-state index contributed by atoms with van der Waals surface area (Å²) < 4.78 is 60.9. The fourth-order valence-corrected chi connectivity index (χ4v) is 5.57. The standard InChI is InChI=1S/C20H25F2N5O6S/c1-11-17(9-23-27(11)18(21)22)34(31,32)26-10-14(8-20(3,4)25-12(2)28)33-16-6-5-13(7-15(16)26)24-19(29)30/h5-7,9,14,18,24H,8,10H2,1-4H3,(H,25,28)(H,29,30). The van der Waals surface area contributed by atoms with Gasteiger partial charge in [0.1, 0.15) is 16.7 Å². The Morgan fingerprint density at radius 2 is 2.03 bits per heavy atom. The van der Waals surface area contributed by atoms with Crippen LogP contribution in [-0.2, 0) is 14.8 Å². The van der Waals surface area contributed by atoms with Gasteiger partial charge in [0.15, 0.2) is 0 Å². The van der Waals surface area contributed by atoms with Crippen molar-refractivity contribution < 1.29 is 36.6 Å².